The highest BCUT2D eigenvalue weighted by Crippen LogP contribution is 2.17. The largest absolute Gasteiger partial charge is 0.396 e. The Morgan fingerprint density at radius 2 is 1.80 bits per heavy atom. The average molecular weight is 361 g/mol. The summed E-state index contributed by atoms with van der Waals surface area (Å²) in [6.07, 6.45) is 0.550. The maximum absolute atomic E-state index is 12.7. The zero-order valence-corrected chi connectivity index (χ0v) is 15.5. The molecule has 4 nitrogen and oxygen atoms in total. The summed E-state index contributed by atoms with van der Waals surface area (Å²) in [4.78, 5) is 14.4. The standard InChI is InChI=1S/C20H25ClN2O2/c1-15-4-6-17(7-5-15)14-23(12-3-13-24)20(25)22-16(2)18-8-10-19(21)11-9-18/h4-11,16,24H,3,12-14H2,1-2H3,(H,22,25)/t16-/m1/s1. The summed E-state index contributed by atoms with van der Waals surface area (Å²) in [5.74, 6) is 0. The number of hydrogen-bond acceptors (Lipinski definition) is 2. The van der Waals surface area contributed by atoms with E-state index in [2.05, 4.69) is 5.32 Å². The van der Waals surface area contributed by atoms with Crippen LogP contribution >= 0.6 is 11.6 Å². The number of nitrogens with zero attached hydrogens (tertiary/aromatic N) is 1. The van der Waals surface area contributed by atoms with Gasteiger partial charge in [0.2, 0.25) is 0 Å². The van der Waals surface area contributed by atoms with E-state index in [0.29, 0.717) is 24.5 Å². The first-order valence-corrected chi connectivity index (χ1v) is 8.84. The fourth-order valence-electron chi connectivity index (χ4n) is 2.54. The van der Waals surface area contributed by atoms with Gasteiger partial charge in [-0.25, -0.2) is 4.79 Å². The summed E-state index contributed by atoms with van der Waals surface area (Å²) in [6.45, 7) is 5.05. The number of aliphatic hydroxyl groups is 1. The van der Waals surface area contributed by atoms with Crippen molar-refractivity contribution in [1.29, 1.82) is 0 Å². The third kappa shape index (κ3) is 6.07. The Bertz CT molecular complexity index is 671. The van der Waals surface area contributed by atoms with E-state index in [1.54, 1.807) is 4.90 Å². The van der Waals surface area contributed by atoms with Crippen LogP contribution in [0.4, 0.5) is 4.79 Å². The molecule has 0 bridgehead atoms. The number of carbonyl (C=O) groups is 1. The lowest BCUT2D eigenvalue weighted by atomic mass is 10.1. The molecule has 0 aliphatic rings. The van der Waals surface area contributed by atoms with Crippen LogP contribution in [0, 0.1) is 6.92 Å². The lowest BCUT2D eigenvalue weighted by Gasteiger charge is -2.25. The van der Waals surface area contributed by atoms with Crippen LogP contribution in [0.1, 0.15) is 36.1 Å². The fraction of sp³-hybridized carbons (Fsp3) is 0.350. The van der Waals surface area contributed by atoms with Crippen molar-refractivity contribution in [1.82, 2.24) is 10.2 Å². The van der Waals surface area contributed by atoms with E-state index in [-0.39, 0.29) is 18.7 Å². The summed E-state index contributed by atoms with van der Waals surface area (Å²) in [6, 6.07) is 15.3. The van der Waals surface area contributed by atoms with Crippen molar-refractivity contribution in [3.05, 3.63) is 70.2 Å². The minimum absolute atomic E-state index is 0.0599. The van der Waals surface area contributed by atoms with Gasteiger partial charge in [0.25, 0.3) is 0 Å². The Labute approximate surface area is 154 Å². The number of rotatable bonds is 7. The van der Waals surface area contributed by atoms with Crippen LogP contribution in [0.25, 0.3) is 0 Å². The number of benzene rings is 2. The molecule has 0 unspecified atom stereocenters. The summed E-state index contributed by atoms with van der Waals surface area (Å²) in [5, 5.41) is 12.8. The second-order valence-corrected chi connectivity index (χ2v) is 6.64. The number of hydrogen-bond donors (Lipinski definition) is 2. The molecule has 0 fully saturated rings. The maximum Gasteiger partial charge on any atom is 0.318 e. The number of halogens is 1. The van der Waals surface area contributed by atoms with E-state index < -0.39 is 0 Å². The molecule has 25 heavy (non-hydrogen) atoms. The van der Waals surface area contributed by atoms with E-state index in [0.717, 1.165) is 11.1 Å². The molecule has 0 spiro atoms. The van der Waals surface area contributed by atoms with Crippen LogP contribution in [-0.4, -0.2) is 29.2 Å². The second kappa shape index (κ2) is 9.44. The van der Waals surface area contributed by atoms with Crippen LogP contribution in [0.5, 0.6) is 0 Å². The molecule has 134 valence electrons. The van der Waals surface area contributed by atoms with Gasteiger partial charge in [0, 0.05) is 24.7 Å². The maximum atomic E-state index is 12.7. The zero-order valence-electron chi connectivity index (χ0n) is 14.7. The van der Waals surface area contributed by atoms with Crippen molar-refractivity contribution in [3.63, 3.8) is 0 Å². The monoisotopic (exact) mass is 360 g/mol. The van der Waals surface area contributed by atoms with Gasteiger partial charge in [-0.3, -0.25) is 0 Å². The van der Waals surface area contributed by atoms with Crippen LogP contribution < -0.4 is 5.32 Å². The normalized spacial score (nSPS) is 11.8. The molecule has 2 aromatic carbocycles. The number of nitrogens with one attached hydrogen (secondary N) is 1. The predicted molar refractivity (Wildman–Crippen MR) is 102 cm³/mol. The molecule has 0 saturated carbocycles. The van der Waals surface area contributed by atoms with Gasteiger partial charge in [0.15, 0.2) is 0 Å². The molecule has 2 N–H and O–H groups in total. The second-order valence-electron chi connectivity index (χ2n) is 6.21. The Morgan fingerprint density at radius 3 is 2.40 bits per heavy atom. The zero-order chi connectivity index (χ0) is 18.2. The molecular formula is C20H25ClN2O2. The summed E-state index contributed by atoms with van der Waals surface area (Å²) in [7, 11) is 0. The van der Waals surface area contributed by atoms with Gasteiger partial charge < -0.3 is 15.3 Å². The van der Waals surface area contributed by atoms with Crippen molar-refractivity contribution in [2.24, 2.45) is 0 Å². The smallest absolute Gasteiger partial charge is 0.318 e. The molecule has 0 heterocycles. The van der Waals surface area contributed by atoms with Gasteiger partial charge in [0.1, 0.15) is 0 Å². The van der Waals surface area contributed by atoms with Gasteiger partial charge in [-0.15, -0.1) is 0 Å². The summed E-state index contributed by atoms with van der Waals surface area (Å²) < 4.78 is 0. The molecule has 5 heteroatoms. The number of amides is 2. The van der Waals surface area contributed by atoms with Gasteiger partial charge in [-0.05, 0) is 43.5 Å². The predicted octanol–water partition coefficient (Wildman–Crippen LogP) is 4.30. The fourth-order valence-corrected chi connectivity index (χ4v) is 2.67. The summed E-state index contributed by atoms with van der Waals surface area (Å²) >= 11 is 5.91. The molecule has 1 atom stereocenters. The molecule has 0 saturated heterocycles. The van der Waals surface area contributed by atoms with E-state index in [1.165, 1.54) is 5.56 Å². The van der Waals surface area contributed by atoms with Crippen molar-refractivity contribution in [3.8, 4) is 0 Å². The molecule has 2 aromatic rings. The molecule has 0 aliphatic carbocycles. The topological polar surface area (TPSA) is 52.6 Å². The Hall–Kier alpha value is -2.04. The van der Waals surface area contributed by atoms with Crippen molar-refractivity contribution in [2.75, 3.05) is 13.2 Å². The molecular weight excluding hydrogens is 336 g/mol. The highest BCUT2D eigenvalue weighted by atomic mass is 35.5. The van der Waals surface area contributed by atoms with Gasteiger partial charge >= 0.3 is 6.03 Å². The minimum Gasteiger partial charge on any atom is -0.396 e. The van der Waals surface area contributed by atoms with Gasteiger partial charge in [-0.2, -0.15) is 0 Å². The SMILES string of the molecule is Cc1ccc(CN(CCCO)C(=O)N[C@H](C)c2ccc(Cl)cc2)cc1. The highest BCUT2D eigenvalue weighted by Gasteiger charge is 2.17. The van der Waals surface area contributed by atoms with E-state index in [1.807, 2.05) is 62.4 Å². The lowest BCUT2D eigenvalue weighted by molar-refractivity contribution is 0.183. The number of aryl methyl sites for hydroxylation is 1. The van der Waals surface area contributed by atoms with Crippen LogP contribution in [0.2, 0.25) is 5.02 Å². The first kappa shape index (κ1) is 19.3. The number of aliphatic hydroxyl groups excluding tert-OH is 1. The van der Waals surface area contributed by atoms with E-state index >= 15 is 0 Å². The van der Waals surface area contributed by atoms with Crippen molar-refractivity contribution < 1.29 is 9.90 Å². The van der Waals surface area contributed by atoms with Crippen LogP contribution in [0.3, 0.4) is 0 Å². The molecule has 2 amide bonds. The van der Waals surface area contributed by atoms with Crippen LogP contribution in [0.15, 0.2) is 48.5 Å². The lowest BCUT2D eigenvalue weighted by Crippen LogP contribution is -2.41. The van der Waals surface area contributed by atoms with Crippen molar-refractivity contribution >= 4 is 17.6 Å². The molecule has 2 rings (SSSR count). The van der Waals surface area contributed by atoms with E-state index in [4.69, 9.17) is 16.7 Å². The quantitative estimate of drug-likeness (QED) is 0.773. The van der Waals surface area contributed by atoms with Gasteiger partial charge in [-0.1, -0.05) is 53.6 Å². The van der Waals surface area contributed by atoms with E-state index in [9.17, 15) is 4.79 Å². The van der Waals surface area contributed by atoms with Crippen LogP contribution in [-0.2, 0) is 6.54 Å². The first-order valence-electron chi connectivity index (χ1n) is 8.47. The highest BCUT2D eigenvalue weighted by molar-refractivity contribution is 6.30. The molecule has 0 aromatic heterocycles. The minimum atomic E-state index is -0.142. The third-order valence-electron chi connectivity index (χ3n) is 4.08. The number of carbonyl (C=O) groups excluding carboxylic acids is 1. The summed E-state index contributed by atoms with van der Waals surface area (Å²) in [5.41, 5.74) is 3.25. The Morgan fingerprint density at radius 1 is 1.16 bits per heavy atom. The average Bonchev–Trinajstić information content (AvgIpc) is 2.60. The number of urea groups is 1. The third-order valence-corrected chi connectivity index (χ3v) is 4.33. The van der Waals surface area contributed by atoms with Gasteiger partial charge in [0.05, 0.1) is 6.04 Å². The Kier molecular flexibility index (Phi) is 7.29. The Balaban J connectivity index is 2.03. The molecule has 0 radical (unpaired) electrons. The first-order chi connectivity index (χ1) is 12.0. The van der Waals surface area contributed by atoms with Crippen molar-refractivity contribution in [2.45, 2.75) is 32.9 Å². The molecule has 0 aliphatic heterocycles.